The topological polar surface area (TPSA) is 78.5 Å². The van der Waals surface area contributed by atoms with Crippen LogP contribution in [0, 0.1) is 0 Å². The predicted octanol–water partition coefficient (Wildman–Crippen LogP) is 1.20. The molecule has 7 heteroatoms. The molecule has 2 N–H and O–H groups in total. The van der Waals surface area contributed by atoms with Gasteiger partial charge in [0.25, 0.3) is 10.0 Å². The number of nitrogens with zero attached hydrogens (tertiary/aromatic N) is 1. The number of urea groups is 1. The summed E-state index contributed by atoms with van der Waals surface area (Å²) in [6.45, 7) is 2.35. The molecule has 19 heavy (non-hydrogen) atoms. The van der Waals surface area contributed by atoms with Crippen molar-refractivity contribution in [2.45, 2.75) is 18.2 Å². The summed E-state index contributed by atoms with van der Waals surface area (Å²) in [7, 11) is -3.83. The molecule has 1 aliphatic rings. The maximum absolute atomic E-state index is 11.9. The highest BCUT2D eigenvalue weighted by atomic mass is 32.2. The molecule has 2 rings (SSSR count). The number of sulfonamides is 1. The van der Waals surface area contributed by atoms with E-state index in [1.54, 1.807) is 24.4 Å². The molecule has 1 aromatic carbocycles. The minimum Gasteiger partial charge on any atom is -0.302 e. The quantitative estimate of drug-likeness (QED) is 0.872. The van der Waals surface area contributed by atoms with Crippen molar-refractivity contribution in [2.24, 2.45) is 0 Å². The number of amides is 2. The van der Waals surface area contributed by atoms with Gasteiger partial charge in [0.1, 0.15) is 0 Å². The van der Waals surface area contributed by atoms with E-state index in [4.69, 9.17) is 0 Å². The second-order valence-corrected chi connectivity index (χ2v) is 5.78. The maximum Gasteiger partial charge on any atom is 0.350 e. The molecule has 0 aliphatic carbocycles. The van der Waals surface area contributed by atoms with E-state index in [0.717, 1.165) is 12.0 Å². The largest absolute Gasteiger partial charge is 0.350 e. The Labute approximate surface area is 112 Å². The van der Waals surface area contributed by atoms with Crippen LogP contribution >= 0.6 is 0 Å². The van der Waals surface area contributed by atoms with Crippen LogP contribution in [-0.4, -0.2) is 26.0 Å². The lowest BCUT2D eigenvalue weighted by molar-refractivity contribution is 0.199. The molecule has 1 aromatic rings. The van der Waals surface area contributed by atoms with Gasteiger partial charge >= 0.3 is 6.03 Å². The van der Waals surface area contributed by atoms with Crippen LogP contribution < -0.4 is 10.1 Å². The molecule has 0 radical (unpaired) electrons. The number of hydrogen-bond acceptors (Lipinski definition) is 4. The molecule has 0 aromatic heterocycles. The molecular formula is C12H15N3O3S. The molecule has 0 atom stereocenters. The van der Waals surface area contributed by atoms with E-state index in [2.05, 4.69) is 5.43 Å². The maximum atomic E-state index is 11.9. The fourth-order valence-electron chi connectivity index (χ4n) is 1.64. The number of carbonyl (C=O) groups excluding carboxylic acids is 1. The van der Waals surface area contributed by atoms with Gasteiger partial charge in [-0.25, -0.2) is 22.9 Å². The third kappa shape index (κ3) is 3.05. The second kappa shape index (κ2) is 5.31. The van der Waals surface area contributed by atoms with E-state index in [9.17, 15) is 13.2 Å². The van der Waals surface area contributed by atoms with Crippen molar-refractivity contribution in [2.75, 3.05) is 6.54 Å². The zero-order valence-corrected chi connectivity index (χ0v) is 11.3. The van der Waals surface area contributed by atoms with E-state index in [-0.39, 0.29) is 4.90 Å². The summed E-state index contributed by atoms with van der Waals surface area (Å²) >= 11 is 0. The first kappa shape index (κ1) is 13.4. The molecule has 0 saturated heterocycles. The van der Waals surface area contributed by atoms with Crippen molar-refractivity contribution in [3.8, 4) is 0 Å². The van der Waals surface area contributed by atoms with Gasteiger partial charge in [-0.1, -0.05) is 25.1 Å². The number of rotatable bonds is 3. The average molecular weight is 281 g/mol. The molecule has 6 nitrogen and oxygen atoms in total. The number of carbonyl (C=O) groups is 1. The smallest absolute Gasteiger partial charge is 0.302 e. The number of hydrazine groups is 1. The third-order valence-electron chi connectivity index (χ3n) is 2.76. The second-order valence-electron chi connectivity index (χ2n) is 4.10. The summed E-state index contributed by atoms with van der Waals surface area (Å²) in [6, 6.07) is 7.09. The Kier molecular flexibility index (Phi) is 3.75. The standard InChI is InChI=1S/C12H15N3O3S/c1-2-10-8-13-15(9-10)12(16)14-19(17,18)11-6-4-3-5-7-11/h3-8,13H,2,9H2,1H3,(H,14,16). The van der Waals surface area contributed by atoms with Crippen LogP contribution in [0.25, 0.3) is 0 Å². The van der Waals surface area contributed by atoms with Crippen molar-refractivity contribution < 1.29 is 13.2 Å². The van der Waals surface area contributed by atoms with Crippen LogP contribution in [0.1, 0.15) is 13.3 Å². The van der Waals surface area contributed by atoms with Gasteiger partial charge in [0.15, 0.2) is 0 Å². The van der Waals surface area contributed by atoms with Gasteiger partial charge in [-0.15, -0.1) is 0 Å². The monoisotopic (exact) mass is 281 g/mol. The Hall–Kier alpha value is -2.02. The normalized spacial score (nSPS) is 14.8. The van der Waals surface area contributed by atoms with Crippen molar-refractivity contribution in [1.82, 2.24) is 15.2 Å². The van der Waals surface area contributed by atoms with Crippen LogP contribution in [0.3, 0.4) is 0 Å². The minimum atomic E-state index is -3.83. The molecule has 0 fully saturated rings. The summed E-state index contributed by atoms with van der Waals surface area (Å²) < 4.78 is 25.9. The van der Waals surface area contributed by atoms with Crippen LogP contribution in [0.5, 0.6) is 0 Å². The van der Waals surface area contributed by atoms with Crippen LogP contribution in [0.15, 0.2) is 47.0 Å². The lowest BCUT2D eigenvalue weighted by Gasteiger charge is -2.17. The minimum absolute atomic E-state index is 0.0613. The average Bonchev–Trinajstić information content (AvgIpc) is 2.88. The van der Waals surface area contributed by atoms with Gasteiger partial charge in [0, 0.05) is 6.20 Å². The van der Waals surface area contributed by atoms with Gasteiger partial charge in [-0.05, 0) is 24.1 Å². The fraction of sp³-hybridized carbons (Fsp3) is 0.250. The van der Waals surface area contributed by atoms with Gasteiger partial charge < -0.3 is 5.43 Å². The summed E-state index contributed by atoms with van der Waals surface area (Å²) in [6.07, 6.45) is 2.51. The molecule has 102 valence electrons. The summed E-state index contributed by atoms with van der Waals surface area (Å²) in [4.78, 5) is 11.9. The summed E-state index contributed by atoms with van der Waals surface area (Å²) in [5.74, 6) is 0. The van der Waals surface area contributed by atoms with Crippen molar-refractivity contribution in [3.05, 3.63) is 42.1 Å². The number of hydrogen-bond donors (Lipinski definition) is 2. The molecule has 2 amide bonds. The molecule has 0 bridgehead atoms. The lowest BCUT2D eigenvalue weighted by Crippen LogP contribution is -2.46. The Bertz CT molecular complexity index is 596. The fourth-order valence-corrected chi connectivity index (χ4v) is 2.61. The summed E-state index contributed by atoms with van der Waals surface area (Å²) in [5.41, 5.74) is 3.76. The van der Waals surface area contributed by atoms with Gasteiger partial charge in [0.2, 0.25) is 0 Å². The highest BCUT2D eigenvalue weighted by Gasteiger charge is 2.24. The van der Waals surface area contributed by atoms with Crippen LogP contribution in [0.2, 0.25) is 0 Å². The third-order valence-corrected chi connectivity index (χ3v) is 4.10. The van der Waals surface area contributed by atoms with E-state index in [1.807, 2.05) is 11.6 Å². The highest BCUT2D eigenvalue weighted by molar-refractivity contribution is 7.90. The number of nitrogens with one attached hydrogen (secondary N) is 2. The van der Waals surface area contributed by atoms with Gasteiger partial charge in [-0.2, -0.15) is 0 Å². The van der Waals surface area contributed by atoms with Crippen LogP contribution in [0.4, 0.5) is 4.79 Å². The van der Waals surface area contributed by atoms with E-state index < -0.39 is 16.1 Å². The molecule has 0 unspecified atom stereocenters. The molecule has 1 heterocycles. The van der Waals surface area contributed by atoms with E-state index in [0.29, 0.717) is 6.54 Å². The van der Waals surface area contributed by atoms with Crippen molar-refractivity contribution in [1.29, 1.82) is 0 Å². The van der Waals surface area contributed by atoms with E-state index in [1.165, 1.54) is 17.1 Å². The van der Waals surface area contributed by atoms with Crippen LogP contribution in [-0.2, 0) is 10.0 Å². The number of benzene rings is 1. The van der Waals surface area contributed by atoms with Gasteiger partial charge in [0.05, 0.1) is 11.4 Å². The highest BCUT2D eigenvalue weighted by Crippen LogP contribution is 2.10. The Balaban J connectivity index is 2.04. The zero-order valence-electron chi connectivity index (χ0n) is 10.5. The molecule has 1 aliphatic heterocycles. The first-order chi connectivity index (χ1) is 9.03. The Morgan fingerprint density at radius 1 is 1.37 bits per heavy atom. The zero-order chi connectivity index (χ0) is 13.9. The first-order valence-corrected chi connectivity index (χ1v) is 7.34. The van der Waals surface area contributed by atoms with Crippen molar-refractivity contribution in [3.63, 3.8) is 0 Å². The molecule has 0 spiro atoms. The SMILES string of the molecule is CCC1=CNN(C(=O)NS(=O)(=O)c2ccccc2)C1. The lowest BCUT2D eigenvalue weighted by atomic mass is 10.2. The van der Waals surface area contributed by atoms with E-state index >= 15 is 0 Å². The Morgan fingerprint density at radius 2 is 2.05 bits per heavy atom. The van der Waals surface area contributed by atoms with Gasteiger partial charge in [-0.3, -0.25) is 0 Å². The van der Waals surface area contributed by atoms with Crippen molar-refractivity contribution >= 4 is 16.1 Å². The summed E-state index contributed by atoms with van der Waals surface area (Å²) in [5, 5.41) is 1.22. The predicted molar refractivity (Wildman–Crippen MR) is 70.4 cm³/mol. The Morgan fingerprint density at radius 3 is 2.63 bits per heavy atom. The molecule has 0 saturated carbocycles. The molecular weight excluding hydrogens is 266 g/mol. The first-order valence-electron chi connectivity index (χ1n) is 5.86.